The molecule has 0 bridgehead atoms. The number of rotatable bonds is 4. The van der Waals surface area contributed by atoms with Crippen molar-refractivity contribution in [1.29, 1.82) is 0 Å². The predicted octanol–water partition coefficient (Wildman–Crippen LogP) is 1.93. The van der Waals surface area contributed by atoms with Crippen LogP contribution in [0.25, 0.3) is 0 Å². The number of hydrogen-bond acceptors (Lipinski definition) is 2. The summed E-state index contributed by atoms with van der Waals surface area (Å²) in [6.45, 7) is 4.35. The molecule has 1 unspecified atom stereocenters. The SMILES string of the molecule is CC(C)C(CN)NC(=O)Nc1ccc(F)cc1. The number of nitrogens with two attached hydrogens (primary N) is 1. The van der Waals surface area contributed by atoms with Gasteiger partial charge in [0.15, 0.2) is 0 Å². The summed E-state index contributed by atoms with van der Waals surface area (Å²) in [5.41, 5.74) is 6.09. The van der Waals surface area contributed by atoms with E-state index in [0.717, 1.165) is 0 Å². The van der Waals surface area contributed by atoms with Gasteiger partial charge in [0.25, 0.3) is 0 Å². The van der Waals surface area contributed by atoms with Crippen molar-refractivity contribution in [2.75, 3.05) is 11.9 Å². The Hall–Kier alpha value is -1.62. The van der Waals surface area contributed by atoms with Crippen molar-refractivity contribution in [2.24, 2.45) is 11.7 Å². The van der Waals surface area contributed by atoms with Crippen molar-refractivity contribution >= 4 is 11.7 Å². The molecule has 1 rings (SSSR count). The topological polar surface area (TPSA) is 67.1 Å². The number of hydrogen-bond donors (Lipinski definition) is 3. The Bertz CT molecular complexity index is 365. The molecular weight excluding hydrogens is 221 g/mol. The molecule has 1 atom stereocenters. The number of benzene rings is 1. The second kappa shape index (κ2) is 6.20. The lowest BCUT2D eigenvalue weighted by molar-refractivity contribution is 0.245. The summed E-state index contributed by atoms with van der Waals surface area (Å²) in [6, 6.07) is 5.18. The van der Waals surface area contributed by atoms with Gasteiger partial charge in [0.2, 0.25) is 0 Å². The van der Waals surface area contributed by atoms with Crippen molar-refractivity contribution in [1.82, 2.24) is 5.32 Å². The van der Waals surface area contributed by atoms with Crippen LogP contribution in [-0.2, 0) is 0 Å². The van der Waals surface area contributed by atoms with Gasteiger partial charge in [-0.2, -0.15) is 0 Å². The lowest BCUT2D eigenvalue weighted by Crippen LogP contribution is -2.45. The van der Waals surface area contributed by atoms with Gasteiger partial charge >= 0.3 is 6.03 Å². The highest BCUT2D eigenvalue weighted by atomic mass is 19.1. The predicted molar refractivity (Wildman–Crippen MR) is 66.2 cm³/mol. The summed E-state index contributed by atoms with van der Waals surface area (Å²) in [5, 5.41) is 5.38. The second-order valence-electron chi connectivity index (χ2n) is 4.19. The Morgan fingerprint density at radius 1 is 1.35 bits per heavy atom. The first-order valence-corrected chi connectivity index (χ1v) is 5.56. The second-order valence-corrected chi connectivity index (χ2v) is 4.19. The molecule has 1 aromatic carbocycles. The molecule has 5 heteroatoms. The molecule has 4 nitrogen and oxygen atoms in total. The Labute approximate surface area is 100 Å². The molecule has 0 spiro atoms. The summed E-state index contributed by atoms with van der Waals surface area (Å²) < 4.78 is 12.6. The zero-order valence-electron chi connectivity index (χ0n) is 10.0. The number of carbonyl (C=O) groups is 1. The molecule has 0 saturated heterocycles. The van der Waals surface area contributed by atoms with Gasteiger partial charge in [0, 0.05) is 18.3 Å². The van der Waals surface area contributed by atoms with Crippen molar-refractivity contribution in [3.8, 4) is 0 Å². The zero-order chi connectivity index (χ0) is 12.8. The highest BCUT2D eigenvalue weighted by Crippen LogP contribution is 2.08. The van der Waals surface area contributed by atoms with E-state index >= 15 is 0 Å². The van der Waals surface area contributed by atoms with Gasteiger partial charge < -0.3 is 16.4 Å². The summed E-state index contributed by atoms with van der Waals surface area (Å²) >= 11 is 0. The van der Waals surface area contributed by atoms with Gasteiger partial charge in [-0.15, -0.1) is 0 Å². The first kappa shape index (κ1) is 13.4. The van der Waals surface area contributed by atoms with Crippen LogP contribution in [0.1, 0.15) is 13.8 Å². The minimum Gasteiger partial charge on any atom is -0.334 e. The molecule has 0 saturated carbocycles. The number of carbonyl (C=O) groups excluding carboxylic acids is 1. The molecule has 94 valence electrons. The Kier molecular flexibility index (Phi) is 4.90. The zero-order valence-corrected chi connectivity index (χ0v) is 10.0. The van der Waals surface area contributed by atoms with E-state index in [2.05, 4.69) is 10.6 Å². The van der Waals surface area contributed by atoms with Gasteiger partial charge in [0.1, 0.15) is 5.82 Å². The molecule has 2 amide bonds. The normalized spacial score (nSPS) is 12.3. The molecule has 0 aliphatic carbocycles. The molecule has 0 aliphatic heterocycles. The molecule has 17 heavy (non-hydrogen) atoms. The third-order valence-corrected chi connectivity index (χ3v) is 2.48. The van der Waals surface area contributed by atoms with E-state index in [-0.39, 0.29) is 23.8 Å². The average Bonchev–Trinajstić information content (AvgIpc) is 2.28. The standard InChI is InChI=1S/C12H18FN3O/c1-8(2)11(7-14)16-12(17)15-10-5-3-9(13)4-6-10/h3-6,8,11H,7,14H2,1-2H3,(H2,15,16,17). The molecular formula is C12H18FN3O. The Morgan fingerprint density at radius 3 is 2.41 bits per heavy atom. The lowest BCUT2D eigenvalue weighted by Gasteiger charge is -2.20. The number of anilines is 1. The van der Waals surface area contributed by atoms with Crippen LogP contribution in [0, 0.1) is 11.7 Å². The van der Waals surface area contributed by atoms with Crippen LogP contribution in [-0.4, -0.2) is 18.6 Å². The van der Waals surface area contributed by atoms with Gasteiger partial charge in [0.05, 0.1) is 0 Å². The summed E-state index contributed by atoms with van der Waals surface area (Å²) in [5.74, 6) is -0.0723. The molecule has 0 fully saturated rings. The highest BCUT2D eigenvalue weighted by Gasteiger charge is 2.14. The van der Waals surface area contributed by atoms with E-state index in [1.165, 1.54) is 24.3 Å². The maximum atomic E-state index is 12.6. The van der Waals surface area contributed by atoms with Crippen LogP contribution in [0.4, 0.5) is 14.9 Å². The molecule has 0 aromatic heterocycles. The molecule has 0 aliphatic rings. The average molecular weight is 239 g/mol. The third kappa shape index (κ3) is 4.40. The van der Waals surface area contributed by atoms with E-state index < -0.39 is 0 Å². The number of urea groups is 1. The van der Waals surface area contributed by atoms with Gasteiger partial charge in [-0.05, 0) is 30.2 Å². The number of amides is 2. The van der Waals surface area contributed by atoms with E-state index in [1.54, 1.807) is 0 Å². The quantitative estimate of drug-likeness (QED) is 0.751. The summed E-state index contributed by atoms with van der Waals surface area (Å²) in [7, 11) is 0. The maximum Gasteiger partial charge on any atom is 0.319 e. The number of halogens is 1. The van der Waals surface area contributed by atoms with Crippen LogP contribution >= 0.6 is 0 Å². The van der Waals surface area contributed by atoms with Gasteiger partial charge in [-0.1, -0.05) is 13.8 Å². The molecule has 1 aromatic rings. The van der Waals surface area contributed by atoms with E-state index in [9.17, 15) is 9.18 Å². The first-order chi connectivity index (χ1) is 8.02. The first-order valence-electron chi connectivity index (χ1n) is 5.56. The van der Waals surface area contributed by atoms with E-state index in [4.69, 9.17) is 5.73 Å². The van der Waals surface area contributed by atoms with Crippen LogP contribution < -0.4 is 16.4 Å². The smallest absolute Gasteiger partial charge is 0.319 e. The monoisotopic (exact) mass is 239 g/mol. The molecule has 0 heterocycles. The van der Waals surface area contributed by atoms with Crippen molar-refractivity contribution in [3.05, 3.63) is 30.1 Å². The fourth-order valence-corrected chi connectivity index (χ4v) is 1.37. The van der Waals surface area contributed by atoms with Crippen molar-refractivity contribution < 1.29 is 9.18 Å². The van der Waals surface area contributed by atoms with E-state index in [1.807, 2.05) is 13.8 Å². The maximum absolute atomic E-state index is 12.6. The molecule has 4 N–H and O–H groups in total. The Balaban J connectivity index is 2.52. The van der Waals surface area contributed by atoms with Crippen LogP contribution in [0.5, 0.6) is 0 Å². The summed E-state index contributed by atoms with van der Waals surface area (Å²) in [6.07, 6.45) is 0. The van der Waals surface area contributed by atoms with Gasteiger partial charge in [-0.3, -0.25) is 0 Å². The van der Waals surface area contributed by atoms with Crippen molar-refractivity contribution in [2.45, 2.75) is 19.9 Å². The lowest BCUT2D eigenvalue weighted by atomic mass is 10.1. The minimum atomic E-state index is -0.335. The Morgan fingerprint density at radius 2 is 1.94 bits per heavy atom. The highest BCUT2D eigenvalue weighted by molar-refractivity contribution is 5.89. The van der Waals surface area contributed by atoms with Crippen molar-refractivity contribution in [3.63, 3.8) is 0 Å². The van der Waals surface area contributed by atoms with Crippen LogP contribution in [0.2, 0.25) is 0 Å². The fraction of sp³-hybridized carbons (Fsp3) is 0.417. The fourth-order valence-electron chi connectivity index (χ4n) is 1.37. The molecule has 0 radical (unpaired) electrons. The van der Waals surface area contributed by atoms with Crippen LogP contribution in [0.15, 0.2) is 24.3 Å². The van der Waals surface area contributed by atoms with E-state index in [0.29, 0.717) is 12.2 Å². The summed E-state index contributed by atoms with van der Waals surface area (Å²) in [4.78, 5) is 11.6. The van der Waals surface area contributed by atoms with Gasteiger partial charge in [-0.25, -0.2) is 9.18 Å². The van der Waals surface area contributed by atoms with Crippen LogP contribution in [0.3, 0.4) is 0 Å². The minimum absolute atomic E-state index is 0.0737. The largest absolute Gasteiger partial charge is 0.334 e. The number of nitrogens with one attached hydrogen (secondary N) is 2. The third-order valence-electron chi connectivity index (χ3n) is 2.48.